The molecule has 0 spiro atoms. The number of methoxy groups -OCH3 is 2. The van der Waals surface area contributed by atoms with Crippen LogP contribution in [-0.4, -0.2) is 36.5 Å². The predicted molar refractivity (Wildman–Crippen MR) is 122 cm³/mol. The summed E-state index contributed by atoms with van der Waals surface area (Å²) in [5.74, 6) is -0.296. The molecule has 0 fully saturated rings. The summed E-state index contributed by atoms with van der Waals surface area (Å²) < 4.78 is 21.4. The van der Waals surface area contributed by atoms with E-state index in [2.05, 4.69) is 6.58 Å². The van der Waals surface area contributed by atoms with Gasteiger partial charge in [0.05, 0.1) is 19.8 Å². The van der Waals surface area contributed by atoms with Crippen molar-refractivity contribution in [3.63, 3.8) is 0 Å². The van der Waals surface area contributed by atoms with Gasteiger partial charge in [0, 0.05) is 17.5 Å². The molecule has 1 aromatic heterocycles. The second-order valence-electron chi connectivity index (χ2n) is 7.27. The Hall–Kier alpha value is -4.04. The molecule has 2 atom stereocenters. The molecule has 8 nitrogen and oxygen atoms in total. The van der Waals surface area contributed by atoms with Crippen LogP contribution in [0, 0.1) is 0 Å². The molecule has 1 heterocycles. The highest BCUT2D eigenvalue weighted by Crippen LogP contribution is 2.38. The fourth-order valence-electron chi connectivity index (χ4n) is 3.25. The smallest absolute Gasteiger partial charge is 0.336 e. The molecule has 0 radical (unpaired) electrons. The molecule has 3 aromatic rings. The van der Waals surface area contributed by atoms with Crippen LogP contribution in [-0.2, 0) is 9.53 Å². The van der Waals surface area contributed by atoms with Crippen molar-refractivity contribution in [3.8, 4) is 17.2 Å². The van der Waals surface area contributed by atoms with Crippen LogP contribution < -0.4 is 15.1 Å². The molecular formula is C25H24O8. The number of ether oxygens (including phenoxy) is 3. The van der Waals surface area contributed by atoms with Crippen molar-refractivity contribution in [2.45, 2.75) is 19.1 Å². The highest BCUT2D eigenvalue weighted by molar-refractivity contribution is 5.88. The second-order valence-corrected chi connectivity index (χ2v) is 7.27. The molecule has 172 valence electrons. The zero-order valence-electron chi connectivity index (χ0n) is 18.4. The lowest BCUT2D eigenvalue weighted by molar-refractivity contribution is -0.148. The maximum absolute atomic E-state index is 12.7. The van der Waals surface area contributed by atoms with Crippen LogP contribution in [0.4, 0.5) is 0 Å². The summed E-state index contributed by atoms with van der Waals surface area (Å²) in [6.45, 7) is 5.33. The van der Waals surface area contributed by atoms with E-state index >= 15 is 0 Å². The highest BCUT2D eigenvalue weighted by atomic mass is 16.6. The third kappa shape index (κ3) is 5.24. The van der Waals surface area contributed by atoms with Crippen molar-refractivity contribution in [1.29, 1.82) is 0 Å². The Morgan fingerprint density at radius 1 is 1.09 bits per heavy atom. The van der Waals surface area contributed by atoms with E-state index in [1.54, 1.807) is 37.3 Å². The number of rotatable bonds is 8. The van der Waals surface area contributed by atoms with Crippen molar-refractivity contribution < 1.29 is 33.6 Å². The van der Waals surface area contributed by atoms with Gasteiger partial charge in [0.1, 0.15) is 17.4 Å². The van der Waals surface area contributed by atoms with Gasteiger partial charge < -0.3 is 28.8 Å². The molecule has 2 unspecified atom stereocenters. The minimum atomic E-state index is -1.30. The number of esters is 1. The monoisotopic (exact) mass is 452 g/mol. The SMILES string of the molecule is C=C(C)C(O)C(OC(=O)/C=C/c1ccc(O)c(OC)c1)c1c(OC)ccc2ccc(=O)oc12. The van der Waals surface area contributed by atoms with E-state index in [4.69, 9.17) is 18.6 Å². The summed E-state index contributed by atoms with van der Waals surface area (Å²) in [4.78, 5) is 24.6. The molecule has 2 aromatic carbocycles. The summed E-state index contributed by atoms with van der Waals surface area (Å²) in [5, 5.41) is 21.1. The summed E-state index contributed by atoms with van der Waals surface area (Å²) in [6.07, 6.45) is 0.0616. The number of aliphatic hydroxyl groups is 1. The lowest BCUT2D eigenvalue weighted by Crippen LogP contribution is -2.25. The Morgan fingerprint density at radius 2 is 1.79 bits per heavy atom. The van der Waals surface area contributed by atoms with Crippen LogP contribution in [0.15, 0.2) is 69.9 Å². The van der Waals surface area contributed by atoms with Gasteiger partial charge in [0.15, 0.2) is 17.6 Å². The average molecular weight is 452 g/mol. The molecule has 0 aliphatic rings. The fraction of sp³-hybridized carbons (Fsp3) is 0.200. The first-order valence-corrected chi connectivity index (χ1v) is 9.95. The van der Waals surface area contributed by atoms with Crippen LogP contribution in [0.3, 0.4) is 0 Å². The molecule has 0 saturated heterocycles. The average Bonchev–Trinajstić information content (AvgIpc) is 2.80. The number of carbonyl (C=O) groups excluding carboxylic acids is 1. The molecule has 0 amide bonds. The minimum absolute atomic E-state index is 0.0357. The summed E-state index contributed by atoms with van der Waals surface area (Å²) in [5.41, 5.74) is 0.640. The number of benzene rings is 2. The first-order valence-electron chi connectivity index (χ1n) is 9.95. The standard InChI is InChI=1S/C25H24O8/c1-14(2)23(29)25(22-18(30-3)10-7-16-8-12-21(28)32-24(16)22)33-20(27)11-6-15-5-9-17(26)19(13-15)31-4/h5-13,23,25-26,29H,1H2,2-4H3/b11-6+. The Kier molecular flexibility index (Phi) is 7.20. The van der Waals surface area contributed by atoms with Crippen molar-refractivity contribution in [1.82, 2.24) is 0 Å². The largest absolute Gasteiger partial charge is 0.504 e. The van der Waals surface area contributed by atoms with E-state index in [9.17, 15) is 19.8 Å². The highest BCUT2D eigenvalue weighted by Gasteiger charge is 2.31. The number of aliphatic hydroxyl groups excluding tert-OH is 1. The van der Waals surface area contributed by atoms with Crippen molar-refractivity contribution in [2.24, 2.45) is 0 Å². The van der Waals surface area contributed by atoms with E-state index in [1.807, 2.05) is 0 Å². The number of aromatic hydroxyl groups is 1. The van der Waals surface area contributed by atoms with E-state index in [1.165, 1.54) is 32.4 Å². The van der Waals surface area contributed by atoms with Crippen LogP contribution in [0.1, 0.15) is 24.2 Å². The number of carbonyl (C=O) groups is 1. The maximum atomic E-state index is 12.7. The number of phenolic OH excluding ortho intramolecular Hbond substituents is 1. The molecule has 33 heavy (non-hydrogen) atoms. The van der Waals surface area contributed by atoms with Crippen LogP contribution in [0.25, 0.3) is 17.0 Å². The fourth-order valence-corrected chi connectivity index (χ4v) is 3.25. The molecule has 0 saturated carbocycles. The van der Waals surface area contributed by atoms with Crippen LogP contribution in [0.5, 0.6) is 17.2 Å². The van der Waals surface area contributed by atoms with Gasteiger partial charge in [-0.05, 0) is 54.5 Å². The molecule has 0 bridgehead atoms. The van der Waals surface area contributed by atoms with Gasteiger partial charge in [-0.3, -0.25) is 0 Å². The lowest BCUT2D eigenvalue weighted by Gasteiger charge is -2.25. The van der Waals surface area contributed by atoms with Gasteiger partial charge >= 0.3 is 11.6 Å². The van der Waals surface area contributed by atoms with Crippen molar-refractivity contribution in [2.75, 3.05) is 14.2 Å². The van der Waals surface area contributed by atoms with Crippen LogP contribution in [0.2, 0.25) is 0 Å². The zero-order valence-corrected chi connectivity index (χ0v) is 18.4. The quantitative estimate of drug-likeness (QED) is 0.230. The number of phenols is 1. The molecule has 0 aliphatic heterocycles. The molecule has 8 heteroatoms. The zero-order chi connectivity index (χ0) is 24.1. The summed E-state index contributed by atoms with van der Waals surface area (Å²) in [7, 11) is 2.83. The first kappa shape index (κ1) is 23.6. The number of hydrogen-bond donors (Lipinski definition) is 2. The third-order valence-corrected chi connectivity index (χ3v) is 4.94. The second kappa shape index (κ2) is 10.1. The summed E-state index contributed by atoms with van der Waals surface area (Å²) in [6, 6.07) is 10.7. The first-order chi connectivity index (χ1) is 15.7. The molecule has 2 N–H and O–H groups in total. The molecular weight excluding hydrogens is 428 g/mol. The van der Waals surface area contributed by atoms with Crippen molar-refractivity contribution in [3.05, 3.63) is 82.2 Å². The molecule has 0 aliphatic carbocycles. The van der Waals surface area contributed by atoms with Gasteiger partial charge in [0.2, 0.25) is 0 Å². The predicted octanol–water partition coefficient (Wildman–Crippen LogP) is 3.75. The maximum Gasteiger partial charge on any atom is 0.336 e. The Labute approximate surface area is 189 Å². The normalized spacial score (nSPS) is 13.0. The van der Waals surface area contributed by atoms with E-state index in [0.29, 0.717) is 16.5 Å². The number of fused-ring (bicyclic) bond motifs is 1. The van der Waals surface area contributed by atoms with E-state index in [0.717, 1.165) is 6.08 Å². The third-order valence-electron chi connectivity index (χ3n) is 4.94. The number of hydrogen-bond acceptors (Lipinski definition) is 8. The summed E-state index contributed by atoms with van der Waals surface area (Å²) >= 11 is 0. The van der Waals surface area contributed by atoms with Crippen LogP contribution >= 0.6 is 0 Å². The minimum Gasteiger partial charge on any atom is -0.504 e. The van der Waals surface area contributed by atoms with Gasteiger partial charge in [-0.2, -0.15) is 0 Å². The van der Waals surface area contributed by atoms with E-state index < -0.39 is 23.8 Å². The van der Waals surface area contributed by atoms with E-state index in [-0.39, 0.29) is 28.4 Å². The van der Waals surface area contributed by atoms with Crippen molar-refractivity contribution >= 4 is 23.0 Å². The Morgan fingerprint density at radius 3 is 2.45 bits per heavy atom. The van der Waals surface area contributed by atoms with Gasteiger partial charge in [-0.1, -0.05) is 12.6 Å². The van der Waals surface area contributed by atoms with Gasteiger partial charge in [-0.25, -0.2) is 9.59 Å². The topological polar surface area (TPSA) is 115 Å². The van der Waals surface area contributed by atoms with Gasteiger partial charge in [-0.15, -0.1) is 0 Å². The van der Waals surface area contributed by atoms with Gasteiger partial charge in [0.25, 0.3) is 0 Å². The Bertz CT molecular complexity index is 1270. The lowest BCUT2D eigenvalue weighted by atomic mass is 9.97. The molecule has 3 rings (SSSR count). The Balaban J connectivity index is 2.01.